The maximum absolute atomic E-state index is 13.4. The van der Waals surface area contributed by atoms with E-state index in [1.54, 1.807) is 6.07 Å². The number of rotatable bonds is 5. The van der Waals surface area contributed by atoms with Crippen LogP contribution in [-0.4, -0.2) is 33.7 Å². The Kier molecular flexibility index (Phi) is 5.94. The van der Waals surface area contributed by atoms with Gasteiger partial charge in [-0.05, 0) is 54.2 Å². The number of ether oxygens (including phenoxy) is 1. The topological polar surface area (TPSA) is 116 Å². The van der Waals surface area contributed by atoms with E-state index in [1.807, 2.05) is 41.0 Å². The van der Waals surface area contributed by atoms with Crippen molar-refractivity contribution in [2.45, 2.75) is 44.4 Å². The molecule has 0 atom stereocenters. The third-order valence-corrected chi connectivity index (χ3v) is 6.72. The van der Waals surface area contributed by atoms with Gasteiger partial charge in [0.25, 0.3) is 0 Å². The van der Waals surface area contributed by atoms with E-state index in [-0.39, 0.29) is 24.0 Å². The third kappa shape index (κ3) is 4.22. The van der Waals surface area contributed by atoms with Gasteiger partial charge in [0.2, 0.25) is 0 Å². The van der Waals surface area contributed by atoms with E-state index in [0.717, 1.165) is 52.9 Å². The molecule has 1 fully saturated rings. The maximum atomic E-state index is 13.4. The molecule has 0 spiro atoms. The summed E-state index contributed by atoms with van der Waals surface area (Å²) in [5.74, 6) is -0.329. The molecule has 4 aromatic rings. The van der Waals surface area contributed by atoms with Crippen LogP contribution in [0.1, 0.15) is 47.3 Å². The van der Waals surface area contributed by atoms with Gasteiger partial charge < -0.3 is 26.0 Å². The quantitative estimate of drug-likeness (QED) is 0.136. The summed E-state index contributed by atoms with van der Waals surface area (Å²) in [4.78, 5) is 13.4. The van der Waals surface area contributed by atoms with Gasteiger partial charge in [0.15, 0.2) is 5.84 Å². The van der Waals surface area contributed by atoms with Gasteiger partial charge in [-0.2, -0.15) is 0 Å². The fourth-order valence-corrected chi connectivity index (χ4v) is 4.83. The van der Waals surface area contributed by atoms with Crippen molar-refractivity contribution in [1.82, 2.24) is 4.57 Å². The lowest BCUT2D eigenvalue weighted by atomic mass is 9.94. The second kappa shape index (κ2) is 9.19. The SMILES string of the molecule is N/C(=N/O)c1ccc2cc(C(=O)OC3CCC(N)CC3)n(Cc3cccc4ccccc34)c2c1. The van der Waals surface area contributed by atoms with Gasteiger partial charge in [-0.1, -0.05) is 59.8 Å². The summed E-state index contributed by atoms with van der Waals surface area (Å²) in [6, 6.07) is 21.9. The molecule has 0 amide bonds. The number of esters is 1. The van der Waals surface area contributed by atoms with E-state index >= 15 is 0 Å². The smallest absolute Gasteiger partial charge is 0.355 e. The van der Waals surface area contributed by atoms with Gasteiger partial charge in [-0.25, -0.2) is 4.79 Å². The molecule has 1 aromatic heterocycles. The van der Waals surface area contributed by atoms with Crippen LogP contribution in [0, 0.1) is 0 Å². The molecule has 7 heteroatoms. The van der Waals surface area contributed by atoms with E-state index in [1.165, 1.54) is 0 Å². The number of carbonyl (C=O) groups excluding carboxylic acids is 1. The summed E-state index contributed by atoms with van der Waals surface area (Å²) < 4.78 is 7.88. The van der Waals surface area contributed by atoms with Crippen LogP contribution in [0.4, 0.5) is 0 Å². The molecule has 174 valence electrons. The minimum atomic E-state index is -0.345. The van der Waals surface area contributed by atoms with Gasteiger partial charge in [-0.15, -0.1) is 0 Å². The normalized spacial score (nSPS) is 18.9. The van der Waals surface area contributed by atoms with Crippen LogP contribution in [-0.2, 0) is 11.3 Å². The number of hydrogen-bond donors (Lipinski definition) is 3. The molecule has 1 aliphatic rings. The largest absolute Gasteiger partial charge is 0.458 e. The number of nitrogens with zero attached hydrogens (tertiary/aromatic N) is 2. The molecule has 0 saturated heterocycles. The molecule has 34 heavy (non-hydrogen) atoms. The Balaban J connectivity index is 1.58. The summed E-state index contributed by atoms with van der Waals surface area (Å²) in [5, 5.41) is 15.4. The van der Waals surface area contributed by atoms with Crippen molar-refractivity contribution in [3.05, 3.63) is 83.6 Å². The van der Waals surface area contributed by atoms with Crippen molar-refractivity contribution in [3.8, 4) is 0 Å². The highest BCUT2D eigenvalue weighted by Gasteiger charge is 2.25. The highest BCUT2D eigenvalue weighted by Crippen LogP contribution is 2.28. The van der Waals surface area contributed by atoms with Crippen LogP contribution in [0.25, 0.3) is 21.7 Å². The highest BCUT2D eigenvalue weighted by atomic mass is 16.5. The van der Waals surface area contributed by atoms with Crippen LogP contribution in [0.5, 0.6) is 0 Å². The van der Waals surface area contributed by atoms with E-state index in [9.17, 15) is 4.79 Å². The van der Waals surface area contributed by atoms with Crippen LogP contribution in [0.2, 0.25) is 0 Å². The molecule has 1 aliphatic carbocycles. The van der Waals surface area contributed by atoms with E-state index in [0.29, 0.717) is 17.8 Å². The molecule has 1 heterocycles. The molecule has 0 aliphatic heterocycles. The molecule has 0 radical (unpaired) electrons. The standard InChI is InChI=1S/C27H28N4O3/c28-21-10-12-22(13-11-21)34-27(32)25-14-18-8-9-19(26(29)30-33)15-24(18)31(25)16-20-6-3-5-17-4-1-2-7-23(17)20/h1-9,14-15,21-22,33H,10-13,16,28H2,(H2,29,30). The first-order chi connectivity index (χ1) is 16.5. The number of hydrogen-bond acceptors (Lipinski definition) is 5. The highest BCUT2D eigenvalue weighted by molar-refractivity contribution is 6.02. The average molecular weight is 457 g/mol. The Bertz CT molecular complexity index is 1380. The number of oxime groups is 1. The lowest BCUT2D eigenvalue weighted by Crippen LogP contribution is -2.31. The number of benzene rings is 3. The Hall–Kier alpha value is -3.84. The predicted octanol–water partition coefficient (Wildman–Crippen LogP) is 4.36. The van der Waals surface area contributed by atoms with Gasteiger partial charge in [0, 0.05) is 29.1 Å². The van der Waals surface area contributed by atoms with E-state index in [2.05, 4.69) is 29.4 Å². The van der Waals surface area contributed by atoms with Crippen molar-refractivity contribution >= 4 is 33.5 Å². The van der Waals surface area contributed by atoms with Crippen molar-refractivity contribution in [1.29, 1.82) is 0 Å². The molecule has 3 aromatic carbocycles. The van der Waals surface area contributed by atoms with Crippen LogP contribution in [0.3, 0.4) is 0 Å². The fraction of sp³-hybridized carbons (Fsp3) is 0.259. The minimum Gasteiger partial charge on any atom is -0.458 e. The molecule has 0 bridgehead atoms. The summed E-state index contributed by atoms with van der Waals surface area (Å²) in [7, 11) is 0. The first-order valence-electron chi connectivity index (χ1n) is 11.6. The van der Waals surface area contributed by atoms with Crippen LogP contribution >= 0.6 is 0 Å². The molecular weight excluding hydrogens is 428 g/mol. The Labute approximate surface area is 197 Å². The number of aromatic nitrogens is 1. The third-order valence-electron chi connectivity index (χ3n) is 6.72. The Morgan fingerprint density at radius 3 is 2.56 bits per heavy atom. The van der Waals surface area contributed by atoms with Crippen molar-refractivity contribution < 1.29 is 14.7 Å². The maximum Gasteiger partial charge on any atom is 0.355 e. The van der Waals surface area contributed by atoms with Crippen LogP contribution in [0.15, 0.2) is 71.9 Å². The number of carbonyl (C=O) groups is 1. The summed E-state index contributed by atoms with van der Waals surface area (Å²) in [6.45, 7) is 0.477. The molecule has 5 N–H and O–H groups in total. The molecule has 7 nitrogen and oxygen atoms in total. The lowest BCUT2D eigenvalue weighted by molar-refractivity contribution is 0.0186. The van der Waals surface area contributed by atoms with Crippen LogP contribution < -0.4 is 11.5 Å². The van der Waals surface area contributed by atoms with E-state index in [4.69, 9.17) is 21.4 Å². The second-order valence-electron chi connectivity index (χ2n) is 8.95. The summed E-state index contributed by atoms with van der Waals surface area (Å²) in [6.07, 6.45) is 3.16. The van der Waals surface area contributed by atoms with Crippen molar-refractivity contribution in [3.63, 3.8) is 0 Å². The fourth-order valence-electron chi connectivity index (χ4n) is 4.83. The molecule has 1 saturated carbocycles. The number of fused-ring (bicyclic) bond motifs is 2. The Morgan fingerprint density at radius 1 is 1.00 bits per heavy atom. The second-order valence-corrected chi connectivity index (χ2v) is 8.95. The lowest BCUT2D eigenvalue weighted by Gasteiger charge is -2.26. The number of nitrogens with two attached hydrogens (primary N) is 2. The average Bonchev–Trinajstić information content (AvgIpc) is 3.23. The first kappa shape index (κ1) is 22.0. The number of amidine groups is 1. The first-order valence-corrected chi connectivity index (χ1v) is 11.6. The van der Waals surface area contributed by atoms with Crippen molar-refractivity contribution in [2.24, 2.45) is 16.6 Å². The molecule has 5 rings (SSSR count). The monoisotopic (exact) mass is 456 g/mol. The molecule has 0 unspecified atom stereocenters. The summed E-state index contributed by atoms with van der Waals surface area (Å²) in [5.41, 5.74) is 14.8. The van der Waals surface area contributed by atoms with Gasteiger partial charge in [0.1, 0.15) is 11.8 Å². The van der Waals surface area contributed by atoms with Gasteiger partial charge in [0.05, 0.1) is 0 Å². The van der Waals surface area contributed by atoms with Crippen molar-refractivity contribution in [2.75, 3.05) is 0 Å². The summed E-state index contributed by atoms with van der Waals surface area (Å²) >= 11 is 0. The van der Waals surface area contributed by atoms with E-state index < -0.39 is 0 Å². The van der Waals surface area contributed by atoms with Gasteiger partial charge >= 0.3 is 5.97 Å². The van der Waals surface area contributed by atoms with Gasteiger partial charge in [-0.3, -0.25) is 0 Å². The Morgan fingerprint density at radius 2 is 1.76 bits per heavy atom. The predicted molar refractivity (Wildman–Crippen MR) is 133 cm³/mol. The zero-order valence-corrected chi connectivity index (χ0v) is 18.9. The minimum absolute atomic E-state index is 0.0162. The zero-order valence-electron chi connectivity index (χ0n) is 18.9. The molecular formula is C27H28N4O3. The zero-order chi connectivity index (χ0) is 23.7.